The van der Waals surface area contributed by atoms with Gasteiger partial charge >= 0.3 is 0 Å². The van der Waals surface area contributed by atoms with Crippen LogP contribution in [-0.4, -0.2) is 12.1 Å². The first-order chi connectivity index (χ1) is 6.66. The Morgan fingerprint density at radius 2 is 2.43 bits per heavy atom. The zero-order valence-electron chi connectivity index (χ0n) is 8.16. The lowest BCUT2D eigenvalue weighted by Crippen LogP contribution is -2.25. The molecule has 0 spiro atoms. The van der Waals surface area contributed by atoms with Crippen molar-refractivity contribution in [3.63, 3.8) is 0 Å². The molecule has 1 aromatic rings. The molecular formula is C11H14FNO. The molecule has 14 heavy (non-hydrogen) atoms. The highest BCUT2D eigenvalue weighted by molar-refractivity contribution is 5.38. The summed E-state index contributed by atoms with van der Waals surface area (Å²) in [4.78, 5) is 0. The molecule has 0 bridgehead atoms. The van der Waals surface area contributed by atoms with Gasteiger partial charge in [-0.15, -0.1) is 0 Å². The Hall–Kier alpha value is -1.09. The van der Waals surface area contributed by atoms with Crippen molar-refractivity contribution in [2.45, 2.75) is 31.9 Å². The average molecular weight is 195 g/mol. The second kappa shape index (κ2) is 3.58. The highest BCUT2D eigenvalue weighted by Crippen LogP contribution is 2.31. The van der Waals surface area contributed by atoms with E-state index in [1.807, 2.05) is 6.92 Å². The van der Waals surface area contributed by atoms with Crippen LogP contribution >= 0.6 is 0 Å². The first kappa shape index (κ1) is 9.46. The molecule has 1 aromatic carbocycles. The lowest BCUT2D eigenvalue weighted by atomic mass is 10.0. The Morgan fingerprint density at radius 3 is 3.07 bits per heavy atom. The van der Waals surface area contributed by atoms with Crippen LogP contribution in [0.2, 0.25) is 0 Å². The van der Waals surface area contributed by atoms with Crippen molar-refractivity contribution in [2.24, 2.45) is 5.73 Å². The largest absolute Gasteiger partial charge is 0.490 e. The summed E-state index contributed by atoms with van der Waals surface area (Å²) < 4.78 is 18.9. The standard InChI is InChI=1S/C11H14FNO/c1-7(13)5-8-6-9-10(12)3-2-4-11(9)14-8/h2-4,7-8H,5-6,13H2,1H3. The predicted octanol–water partition coefficient (Wildman–Crippen LogP) is 1.87. The molecule has 0 aromatic heterocycles. The van der Waals surface area contributed by atoms with Crippen LogP contribution in [0.15, 0.2) is 18.2 Å². The smallest absolute Gasteiger partial charge is 0.130 e. The Kier molecular flexibility index (Phi) is 2.42. The van der Waals surface area contributed by atoms with E-state index in [1.165, 1.54) is 6.07 Å². The summed E-state index contributed by atoms with van der Waals surface area (Å²) in [6, 6.07) is 5.04. The monoisotopic (exact) mass is 195 g/mol. The molecule has 0 saturated carbocycles. The van der Waals surface area contributed by atoms with E-state index in [1.54, 1.807) is 12.1 Å². The molecule has 0 saturated heterocycles. The van der Waals surface area contributed by atoms with Gasteiger partial charge < -0.3 is 10.5 Å². The number of hydrogen-bond donors (Lipinski definition) is 1. The van der Waals surface area contributed by atoms with Crippen molar-refractivity contribution in [3.05, 3.63) is 29.6 Å². The second-order valence-electron chi connectivity index (χ2n) is 3.87. The second-order valence-corrected chi connectivity index (χ2v) is 3.87. The Balaban J connectivity index is 2.14. The lowest BCUT2D eigenvalue weighted by Gasteiger charge is -2.12. The van der Waals surface area contributed by atoms with Gasteiger partial charge in [0.15, 0.2) is 0 Å². The molecule has 0 amide bonds. The van der Waals surface area contributed by atoms with Crippen LogP contribution in [0.5, 0.6) is 5.75 Å². The van der Waals surface area contributed by atoms with E-state index in [-0.39, 0.29) is 18.0 Å². The van der Waals surface area contributed by atoms with Crippen LogP contribution in [-0.2, 0) is 6.42 Å². The van der Waals surface area contributed by atoms with Gasteiger partial charge in [-0.05, 0) is 25.5 Å². The fraction of sp³-hybridized carbons (Fsp3) is 0.455. The highest BCUT2D eigenvalue weighted by Gasteiger charge is 2.25. The molecule has 2 unspecified atom stereocenters. The van der Waals surface area contributed by atoms with Crippen LogP contribution in [0.4, 0.5) is 4.39 Å². The minimum absolute atomic E-state index is 0.0434. The summed E-state index contributed by atoms with van der Waals surface area (Å²) in [6.07, 6.45) is 1.46. The van der Waals surface area contributed by atoms with Gasteiger partial charge in [0.05, 0.1) is 0 Å². The van der Waals surface area contributed by atoms with Crippen LogP contribution < -0.4 is 10.5 Å². The van der Waals surface area contributed by atoms with Crippen LogP contribution in [0.1, 0.15) is 18.9 Å². The number of hydrogen-bond acceptors (Lipinski definition) is 2. The topological polar surface area (TPSA) is 35.2 Å². The molecule has 2 N–H and O–H groups in total. The van der Waals surface area contributed by atoms with Crippen molar-refractivity contribution >= 4 is 0 Å². The zero-order chi connectivity index (χ0) is 10.1. The molecule has 0 aliphatic carbocycles. The summed E-state index contributed by atoms with van der Waals surface area (Å²) in [7, 11) is 0. The van der Waals surface area contributed by atoms with Gasteiger partial charge in [0.2, 0.25) is 0 Å². The maximum absolute atomic E-state index is 13.3. The van der Waals surface area contributed by atoms with E-state index >= 15 is 0 Å². The van der Waals surface area contributed by atoms with Gasteiger partial charge in [-0.3, -0.25) is 0 Å². The fourth-order valence-electron chi connectivity index (χ4n) is 1.84. The van der Waals surface area contributed by atoms with Crippen LogP contribution in [0, 0.1) is 5.82 Å². The quantitative estimate of drug-likeness (QED) is 0.781. The van der Waals surface area contributed by atoms with E-state index in [4.69, 9.17) is 10.5 Å². The molecule has 2 nitrogen and oxygen atoms in total. The van der Waals surface area contributed by atoms with Gasteiger partial charge in [-0.25, -0.2) is 4.39 Å². The minimum Gasteiger partial charge on any atom is -0.490 e. The maximum atomic E-state index is 13.3. The van der Waals surface area contributed by atoms with E-state index in [0.29, 0.717) is 17.7 Å². The van der Waals surface area contributed by atoms with E-state index in [2.05, 4.69) is 0 Å². The molecule has 0 radical (unpaired) electrons. The van der Waals surface area contributed by atoms with Crippen molar-refractivity contribution in [3.8, 4) is 5.75 Å². The fourth-order valence-corrected chi connectivity index (χ4v) is 1.84. The van der Waals surface area contributed by atoms with Crippen LogP contribution in [0.25, 0.3) is 0 Å². The SMILES string of the molecule is CC(N)CC1Cc2c(F)cccc2O1. The number of benzene rings is 1. The van der Waals surface area contributed by atoms with Crippen molar-refractivity contribution < 1.29 is 9.13 Å². The molecule has 1 aliphatic rings. The van der Waals surface area contributed by atoms with Gasteiger partial charge in [-0.1, -0.05) is 6.07 Å². The number of halogens is 1. The predicted molar refractivity (Wildman–Crippen MR) is 52.8 cm³/mol. The summed E-state index contributed by atoms with van der Waals surface area (Å²) in [5, 5.41) is 0. The van der Waals surface area contributed by atoms with Gasteiger partial charge in [0.1, 0.15) is 17.7 Å². The van der Waals surface area contributed by atoms with E-state index in [9.17, 15) is 4.39 Å². The third-order valence-electron chi connectivity index (χ3n) is 2.44. The first-order valence-electron chi connectivity index (χ1n) is 4.86. The van der Waals surface area contributed by atoms with Crippen molar-refractivity contribution in [1.82, 2.24) is 0 Å². The number of rotatable bonds is 2. The minimum atomic E-state index is -0.172. The van der Waals surface area contributed by atoms with Gasteiger partial charge in [0, 0.05) is 18.0 Å². The first-order valence-corrected chi connectivity index (χ1v) is 4.86. The number of nitrogens with two attached hydrogens (primary N) is 1. The Labute approximate surface area is 82.9 Å². The highest BCUT2D eigenvalue weighted by atomic mass is 19.1. The third-order valence-corrected chi connectivity index (χ3v) is 2.44. The lowest BCUT2D eigenvalue weighted by molar-refractivity contribution is 0.213. The Morgan fingerprint density at radius 1 is 1.64 bits per heavy atom. The summed E-state index contributed by atoms with van der Waals surface area (Å²) in [5.74, 6) is 0.505. The van der Waals surface area contributed by atoms with Crippen molar-refractivity contribution in [2.75, 3.05) is 0 Å². The molecule has 2 rings (SSSR count). The number of fused-ring (bicyclic) bond motifs is 1. The Bertz CT molecular complexity index is 338. The van der Waals surface area contributed by atoms with E-state index in [0.717, 1.165) is 6.42 Å². The van der Waals surface area contributed by atoms with Gasteiger partial charge in [-0.2, -0.15) is 0 Å². The normalized spacial score (nSPS) is 21.5. The summed E-state index contributed by atoms with van der Waals surface area (Å²) in [5.41, 5.74) is 6.36. The number of ether oxygens (including phenoxy) is 1. The summed E-state index contributed by atoms with van der Waals surface area (Å²) >= 11 is 0. The molecule has 2 atom stereocenters. The van der Waals surface area contributed by atoms with Gasteiger partial charge in [0.25, 0.3) is 0 Å². The maximum Gasteiger partial charge on any atom is 0.130 e. The molecular weight excluding hydrogens is 181 g/mol. The molecule has 3 heteroatoms. The molecule has 1 heterocycles. The van der Waals surface area contributed by atoms with E-state index < -0.39 is 0 Å². The molecule has 76 valence electrons. The van der Waals surface area contributed by atoms with Crippen molar-refractivity contribution in [1.29, 1.82) is 0 Å². The summed E-state index contributed by atoms with van der Waals surface area (Å²) in [6.45, 7) is 1.93. The molecule has 1 aliphatic heterocycles. The zero-order valence-corrected chi connectivity index (χ0v) is 8.16. The molecule has 0 fully saturated rings. The third kappa shape index (κ3) is 1.73. The van der Waals surface area contributed by atoms with Crippen LogP contribution in [0.3, 0.4) is 0 Å². The average Bonchev–Trinajstić information content (AvgIpc) is 2.47.